The van der Waals surface area contributed by atoms with Crippen molar-refractivity contribution in [3.05, 3.63) is 0 Å². The van der Waals surface area contributed by atoms with Crippen LogP contribution in [-0.4, -0.2) is 31.6 Å². The van der Waals surface area contributed by atoms with Crippen molar-refractivity contribution in [2.24, 2.45) is 5.73 Å². The molecule has 0 aliphatic carbocycles. The van der Waals surface area contributed by atoms with Crippen molar-refractivity contribution in [3.8, 4) is 0 Å². The van der Waals surface area contributed by atoms with Crippen LogP contribution in [0.3, 0.4) is 0 Å². The quantitative estimate of drug-likeness (QED) is 0.483. The molecule has 0 heterocycles. The highest BCUT2D eigenvalue weighted by atomic mass is 19.3. The van der Waals surface area contributed by atoms with E-state index in [4.69, 9.17) is 5.73 Å². The lowest BCUT2D eigenvalue weighted by atomic mass is 10.1. The van der Waals surface area contributed by atoms with E-state index in [1.54, 1.807) is 0 Å². The maximum absolute atomic E-state index is 12.4. The van der Waals surface area contributed by atoms with Crippen LogP contribution in [-0.2, 0) is 4.74 Å². The van der Waals surface area contributed by atoms with Gasteiger partial charge < -0.3 is 10.5 Å². The lowest BCUT2D eigenvalue weighted by molar-refractivity contribution is -0.166. The summed E-state index contributed by atoms with van der Waals surface area (Å²) in [6.45, 7) is 0.706. The molecular weight excluding hydrogens is 238 g/mol. The van der Waals surface area contributed by atoms with Crippen LogP contribution in [0.15, 0.2) is 0 Å². The number of hydrogen-bond donors (Lipinski definition) is 1. The topological polar surface area (TPSA) is 35.2 Å². The molecule has 2 nitrogen and oxygen atoms in total. The highest BCUT2D eigenvalue weighted by molar-refractivity contribution is 4.69. The highest BCUT2D eigenvalue weighted by Gasteiger charge is 2.40. The second-order valence-electron chi connectivity index (χ2n) is 4.19. The number of alkyl halides is 4. The number of hydrogen-bond acceptors (Lipinski definition) is 2. The number of halogens is 4. The first kappa shape index (κ1) is 16.6. The lowest BCUT2D eigenvalue weighted by Gasteiger charge is -2.17. The SMILES string of the molecule is CCCCCCC(N)COCC(F)(F)C(F)F. The molecule has 0 aliphatic heterocycles. The van der Waals surface area contributed by atoms with Gasteiger partial charge in [0.1, 0.15) is 6.61 Å². The Morgan fingerprint density at radius 1 is 1.18 bits per heavy atom. The van der Waals surface area contributed by atoms with Crippen LogP contribution in [0, 0.1) is 0 Å². The Labute approximate surface area is 99.5 Å². The first-order valence-electron chi connectivity index (χ1n) is 5.89. The first-order valence-corrected chi connectivity index (χ1v) is 5.89. The van der Waals surface area contributed by atoms with E-state index in [1.165, 1.54) is 0 Å². The van der Waals surface area contributed by atoms with Crippen LogP contribution < -0.4 is 5.73 Å². The highest BCUT2D eigenvalue weighted by Crippen LogP contribution is 2.22. The third kappa shape index (κ3) is 8.37. The van der Waals surface area contributed by atoms with Crippen molar-refractivity contribution < 1.29 is 22.3 Å². The molecule has 2 N–H and O–H groups in total. The van der Waals surface area contributed by atoms with Crippen LogP contribution in [0.5, 0.6) is 0 Å². The summed E-state index contributed by atoms with van der Waals surface area (Å²) in [7, 11) is 0. The van der Waals surface area contributed by atoms with Gasteiger partial charge in [0.05, 0.1) is 6.61 Å². The van der Waals surface area contributed by atoms with E-state index < -0.39 is 19.0 Å². The Morgan fingerprint density at radius 2 is 1.82 bits per heavy atom. The molecule has 104 valence electrons. The van der Waals surface area contributed by atoms with Gasteiger partial charge in [-0.25, -0.2) is 8.78 Å². The van der Waals surface area contributed by atoms with Crippen LogP contribution >= 0.6 is 0 Å². The molecule has 0 fully saturated rings. The van der Waals surface area contributed by atoms with E-state index in [9.17, 15) is 17.6 Å². The second kappa shape index (κ2) is 8.69. The molecule has 6 heteroatoms. The Bertz CT molecular complexity index is 190. The Balaban J connectivity index is 3.54. The van der Waals surface area contributed by atoms with E-state index in [1.807, 2.05) is 0 Å². The van der Waals surface area contributed by atoms with Gasteiger partial charge in [-0.3, -0.25) is 0 Å². The average molecular weight is 259 g/mol. The molecule has 0 spiro atoms. The van der Waals surface area contributed by atoms with Gasteiger partial charge in [0.15, 0.2) is 0 Å². The van der Waals surface area contributed by atoms with Crippen LogP contribution in [0.4, 0.5) is 17.6 Å². The number of ether oxygens (including phenoxy) is 1. The minimum Gasteiger partial charge on any atom is -0.373 e. The predicted octanol–water partition coefficient (Wildman–Crippen LogP) is 3.20. The van der Waals surface area contributed by atoms with Gasteiger partial charge >= 0.3 is 12.3 Å². The average Bonchev–Trinajstić information content (AvgIpc) is 2.24. The smallest absolute Gasteiger partial charge is 0.330 e. The van der Waals surface area contributed by atoms with E-state index in [2.05, 4.69) is 11.7 Å². The van der Waals surface area contributed by atoms with Gasteiger partial charge in [-0.05, 0) is 6.42 Å². The van der Waals surface area contributed by atoms with Gasteiger partial charge in [-0.15, -0.1) is 0 Å². The van der Waals surface area contributed by atoms with Crippen molar-refractivity contribution in [1.29, 1.82) is 0 Å². The molecule has 0 radical (unpaired) electrons. The Morgan fingerprint density at radius 3 is 2.35 bits per heavy atom. The zero-order valence-electron chi connectivity index (χ0n) is 10.1. The Hall–Kier alpha value is -0.360. The maximum atomic E-state index is 12.4. The molecule has 0 rings (SSSR count). The monoisotopic (exact) mass is 259 g/mol. The molecule has 1 atom stereocenters. The molecule has 0 aromatic rings. The van der Waals surface area contributed by atoms with Crippen LogP contribution in [0.2, 0.25) is 0 Å². The van der Waals surface area contributed by atoms with Gasteiger partial charge in [0.25, 0.3) is 0 Å². The normalized spacial score (nSPS) is 14.3. The molecule has 0 saturated heterocycles. The fourth-order valence-corrected chi connectivity index (χ4v) is 1.33. The first-order chi connectivity index (χ1) is 7.90. The summed E-state index contributed by atoms with van der Waals surface area (Å²) in [5.41, 5.74) is 5.60. The van der Waals surface area contributed by atoms with Gasteiger partial charge in [0.2, 0.25) is 0 Å². The standard InChI is InChI=1S/C11H21F4NO/c1-2-3-4-5-6-9(16)7-17-8-11(14,15)10(12)13/h9-10H,2-8,16H2,1H3. The van der Waals surface area contributed by atoms with E-state index >= 15 is 0 Å². The maximum Gasteiger partial charge on any atom is 0.330 e. The molecule has 17 heavy (non-hydrogen) atoms. The minimum atomic E-state index is -4.08. The van der Waals surface area contributed by atoms with E-state index in [-0.39, 0.29) is 12.6 Å². The van der Waals surface area contributed by atoms with E-state index in [0.717, 1.165) is 25.7 Å². The van der Waals surface area contributed by atoms with Gasteiger partial charge in [-0.1, -0.05) is 32.6 Å². The summed E-state index contributed by atoms with van der Waals surface area (Å²) in [5.74, 6) is -4.08. The second-order valence-corrected chi connectivity index (χ2v) is 4.19. The van der Waals surface area contributed by atoms with Crippen molar-refractivity contribution in [1.82, 2.24) is 0 Å². The molecule has 0 amide bonds. The summed E-state index contributed by atoms with van der Waals surface area (Å²) in [6, 6.07) is -0.361. The summed E-state index contributed by atoms with van der Waals surface area (Å²) in [5, 5.41) is 0. The van der Waals surface area contributed by atoms with Gasteiger partial charge in [0, 0.05) is 6.04 Å². The third-order valence-corrected chi connectivity index (χ3v) is 2.37. The molecular formula is C11H21F4NO. The summed E-state index contributed by atoms with van der Waals surface area (Å²) < 4.78 is 52.9. The molecule has 0 bridgehead atoms. The lowest BCUT2D eigenvalue weighted by Crippen LogP contribution is -2.35. The van der Waals surface area contributed by atoms with Crippen molar-refractivity contribution in [2.75, 3.05) is 13.2 Å². The zero-order chi connectivity index (χ0) is 13.3. The number of rotatable bonds is 10. The molecule has 1 unspecified atom stereocenters. The number of nitrogens with two attached hydrogens (primary N) is 1. The van der Waals surface area contributed by atoms with Crippen molar-refractivity contribution in [2.45, 2.75) is 57.4 Å². The summed E-state index contributed by atoms with van der Waals surface area (Å²) in [4.78, 5) is 0. The van der Waals surface area contributed by atoms with Crippen LogP contribution in [0.1, 0.15) is 39.0 Å². The van der Waals surface area contributed by atoms with Crippen LogP contribution in [0.25, 0.3) is 0 Å². The third-order valence-electron chi connectivity index (χ3n) is 2.37. The molecule has 0 saturated carbocycles. The van der Waals surface area contributed by atoms with E-state index in [0.29, 0.717) is 6.42 Å². The predicted molar refractivity (Wildman–Crippen MR) is 58.5 cm³/mol. The van der Waals surface area contributed by atoms with Crippen molar-refractivity contribution in [3.63, 3.8) is 0 Å². The van der Waals surface area contributed by atoms with Gasteiger partial charge in [-0.2, -0.15) is 8.78 Å². The fraction of sp³-hybridized carbons (Fsp3) is 1.00. The summed E-state index contributed by atoms with van der Waals surface area (Å²) in [6.07, 6.45) is 1.13. The largest absolute Gasteiger partial charge is 0.373 e. The fourth-order valence-electron chi connectivity index (χ4n) is 1.33. The molecule has 0 aromatic carbocycles. The zero-order valence-corrected chi connectivity index (χ0v) is 10.1. The summed E-state index contributed by atoms with van der Waals surface area (Å²) >= 11 is 0. The molecule has 0 aliphatic rings. The van der Waals surface area contributed by atoms with Crippen molar-refractivity contribution >= 4 is 0 Å². The molecule has 0 aromatic heterocycles. The minimum absolute atomic E-state index is 0.103. The Kier molecular flexibility index (Phi) is 8.51. The number of unbranched alkanes of at least 4 members (excludes halogenated alkanes) is 3.